The zero-order valence-corrected chi connectivity index (χ0v) is 24.5. The van der Waals surface area contributed by atoms with Gasteiger partial charge in [-0.3, -0.25) is 0 Å². The van der Waals surface area contributed by atoms with Crippen molar-refractivity contribution in [1.82, 2.24) is 0 Å². The van der Waals surface area contributed by atoms with Gasteiger partial charge in [-0.2, -0.15) is 0 Å². The molecule has 0 saturated heterocycles. The Hall–Kier alpha value is 1.82. The molecule has 0 radical (unpaired) electrons. The minimum absolute atomic E-state index is 1.01. The fraction of sp³-hybridized carbons (Fsp3) is 1.00. The maximum atomic E-state index is 4.72. The van der Waals surface area contributed by atoms with Crippen LogP contribution in [0.3, 0.4) is 0 Å². The highest BCUT2D eigenvalue weighted by Crippen LogP contribution is 2.83. The van der Waals surface area contributed by atoms with Crippen LogP contribution in [-0.4, -0.2) is 35.0 Å². The normalized spacial score (nSPS) is 27.4. The van der Waals surface area contributed by atoms with E-state index in [0.29, 0.717) is 0 Å². The van der Waals surface area contributed by atoms with Crippen LogP contribution in [0.2, 0.25) is 0 Å². The van der Waals surface area contributed by atoms with E-state index in [1.54, 1.807) is 63.7 Å². The molecule has 0 amide bonds. The Kier molecular flexibility index (Phi) is 9.96. The van der Waals surface area contributed by atoms with Gasteiger partial charge in [0.05, 0.1) is 34.6 Å². The Morgan fingerprint density at radius 3 is 0.767 bits per heavy atom. The third kappa shape index (κ3) is 5.89. The van der Waals surface area contributed by atoms with Gasteiger partial charge in [0.25, 0.3) is 0 Å². The summed E-state index contributed by atoms with van der Waals surface area (Å²) in [5, 5.41) is 0. The zero-order valence-electron chi connectivity index (χ0n) is 19.5. The van der Waals surface area contributed by atoms with Crippen LogP contribution in [0.4, 0.5) is 0 Å². The SMILES string of the molecule is Br[P+](CC[P+](Br)(C1CCCCC1)C1CCCCC1)(C1CCCCC1)C1CCCCC1. The maximum Gasteiger partial charge on any atom is 0.139 e. The lowest BCUT2D eigenvalue weighted by molar-refractivity contribution is 0.480. The van der Waals surface area contributed by atoms with Crippen molar-refractivity contribution in [3.63, 3.8) is 0 Å². The molecule has 0 aromatic rings. The molecule has 0 bridgehead atoms. The molecule has 0 N–H and O–H groups in total. The lowest BCUT2D eigenvalue weighted by Gasteiger charge is -2.42. The van der Waals surface area contributed by atoms with Gasteiger partial charge in [0.2, 0.25) is 0 Å². The summed E-state index contributed by atoms with van der Waals surface area (Å²) in [4.78, 5) is 0. The number of rotatable bonds is 7. The molecule has 4 saturated carbocycles. The third-order valence-corrected chi connectivity index (χ3v) is 27.7. The first-order chi connectivity index (χ1) is 14.6. The molecule has 4 aliphatic carbocycles. The van der Waals surface area contributed by atoms with Crippen LogP contribution < -0.4 is 0 Å². The van der Waals surface area contributed by atoms with E-state index in [-0.39, 0.29) is 0 Å². The lowest BCUT2D eigenvalue weighted by Crippen LogP contribution is -2.31. The summed E-state index contributed by atoms with van der Waals surface area (Å²) in [5.74, 6) is -2.02. The Balaban J connectivity index is 1.53. The van der Waals surface area contributed by atoms with Gasteiger partial charge in [0.15, 0.2) is 0 Å². The van der Waals surface area contributed by atoms with Crippen LogP contribution in [0.15, 0.2) is 0 Å². The molecule has 0 atom stereocenters. The van der Waals surface area contributed by atoms with Crippen LogP contribution in [0.1, 0.15) is 128 Å². The second kappa shape index (κ2) is 12.0. The van der Waals surface area contributed by atoms with E-state index in [1.807, 2.05) is 0 Å². The minimum Gasteiger partial charge on any atom is -0.0530 e. The molecule has 174 valence electrons. The predicted molar refractivity (Wildman–Crippen MR) is 149 cm³/mol. The topological polar surface area (TPSA) is 0 Å². The average molecular weight is 582 g/mol. The van der Waals surface area contributed by atoms with Crippen LogP contribution in [0.25, 0.3) is 0 Å². The fourth-order valence-corrected chi connectivity index (χ4v) is 25.4. The lowest BCUT2D eigenvalue weighted by atomic mass is 9.99. The Morgan fingerprint density at radius 1 is 0.367 bits per heavy atom. The third-order valence-electron chi connectivity index (χ3n) is 9.51. The molecule has 0 aliphatic heterocycles. The highest BCUT2D eigenvalue weighted by atomic mass is 79.9. The van der Waals surface area contributed by atoms with Crippen molar-refractivity contribution >= 4 is 42.9 Å². The Labute approximate surface area is 205 Å². The maximum absolute atomic E-state index is 4.72. The number of halogens is 2. The van der Waals surface area contributed by atoms with E-state index in [4.69, 9.17) is 31.0 Å². The molecule has 4 fully saturated rings. The molecule has 4 heteroatoms. The predicted octanol–water partition coefficient (Wildman–Crippen LogP) is 11.0. The first-order valence-corrected chi connectivity index (χ1v) is 22.0. The second-order valence-electron chi connectivity index (χ2n) is 11.3. The van der Waals surface area contributed by atoms with Crippen LogP contribution >= 0.6 is 42.9 Å². The van der Waals surface area contributed by atoms with Crippen LogP contribution in [-0.2, 0) is 0 Å². The van der Waals surface area contributed by atoms with Crippen molar-refractivity contribution in [3.05, 3.63) is 0 Å². The van der Waals surface area contributed by atoms with Gasteiger partial charge in [0, 0.05) is 0 Å². The summed E-state index contributed by atoms with van der Waals surface area (Å²) in [6.07, 6.45) is 33.8. The quantitative estimate of drug-likeness (QED) is 0.262. The minimum atomic E-state index is -1.01. The fourth-order valence-electron chi connectivity index (χ4n) is 7.67. The second-order valence-corrected chi connectivity index (χ2v) is 26.3. The molecule has 0 heterocycles. The van der Waals surface area contributed by atoms with Crippen LogP contribution in [0.5, 0.6) is 0 Å². The van der Waals surface area contributed by atoms with Crippen molar-refractivity contribution in [2.24, 2.45) is 0 Å². The Morgan fingerprint density at radius 2 is 0.567 bits per heavy atom. The first-order valence-electron chi connectivity index (χ1n) is 13.8. The summed E-state index contributed by atoms with van der Waals surface area (Å²) in [5.41, 5.74) is 4.25. The highest BCUT2D eigenvalue weighted by Gasteiger charge is 2.57. The van der Waals surface area contributed by atoms with E-state index in [1.165, 1.54) is 77.0 Å². The molecule has 0 spiro atoms. The molecule has 0 aromatic carbocycles. The van der Waals surface area contributed by atoms with Gasteiger partial charge in [-0.15, -0.1) is 0 Å². The van der Waals surface area contributed by atoms with Gasteiger partial charge in [-0.1, -0.05) is 25.7 Å². The van der Waals surface area contributed by atoms with Gasteiger partial charge in [-0.25, -0.2) is 0 Å². The van der Waals surface area contributed by atoms with E-state index >= 15 is 0 Å². The van der Waals surface area contributed by atoms with E-state index in [2.05, 4.69) is 0 Å². The van der Waals surface area contributed by atoms with Crippen molar-refractivity contribution in [1.29, 1.82) is 0 Å². The molecular weight excluding hydrogens is 534 g/mol. The molecule has 0 unspecified atom stereocenters. The summed E-state index contributed by atoms with van der Waals surface area (Å²) < 4.78 is 0. The standard InChI is InChI=1S/C26H48Br2P2/c27-29(23-13-5-1-6-14-23,24-15-7-2-8-16-24)21-22-30(28,25-17-9-3-10-18-25)26-19-11-4-12-20-26/h23-26H,1-22H2/q+2. The zero-order chi connectivity index (χ0) is 20.9. The van der Waals surface area contributed by atoms with Crippen molar-refractivity contribution in [2.75, 3.05) is 12.3 Å². The van der Waals surface area contributed by atoms with Gasteiger partial charge in [-0.05, 0) is 103 Å². The molecule has 0 nitrogen and oxygen atoms in total. The van der Waals surface area contributed by atoms with Gasteiger partial charge in [0.1, 0.15) is 43.3 Å². The molecule has 0 aromatic heterocycles. The monoisotopic (exact) mass is 580 g/mol. The average Bonchev–Trinajstić information content (AvgIpc) is 2.84. The van der Waals surface area contributed by atoms with Crippen LogP contribution in [0, 0.1) is 0 Å². The highest BCUT2D eigenvalue weighted by molar-refractivity contribution is 9.43. The van der Waals surface area contributed by atoms with Crippen molar-refractivity contribution < 1.29 is 0 Å². The summed E-state index contributed by atoms with van der Waals surface area (Å²) in [6.45, 7) is 0. The van der Waals surface area contributed by atoms with Crippen molar-refractivity contribution in [2.45, 2.75) is 151 Å². The largest absolute Gasteiger partial charge is 0.139 e. The van der Waals surface area contributed by atoms with E-state index in [0.717, 1.165) is 22.6 Å². The molecule has 4 rings (SSSR count). The van der Waals surface area contributed by atoms with E-state index in [9.17, 15) is 0 Å². The summed E-state index contributed by atoms with van der Waals surface area (Å²) >= 11 is 9.43. The molecular formula is C26H48Br2P2+2. The molecule has 30 heavy (non-hydrogen) atoms. The van der Waals surface area contributed by atoms with Gasteiger partial charge < -0.3 is 0 Å². The number of hydrogen-bond acceptors (Lipinski definition) is 0. The van der Waals surface area contributed by atoms with E-state index < -0.39 is 11.9 Å². The van der Waals surface area contributed by atoms with Crippen molar-refractivity contribution in [3.8, 4) is 0 Å². The smallest absolute Gasteiger partial charge is 0.0530 e. The summed E-state index contributed by atoms with van der Waals surface area (Å²) in [6, 6.07) is 0. The summed E-state index contributed by atoms with van der Waals surface area (Å²) in [7, 11) is 0. The number of hydrogen-bond donors (Lipinski definition) is 0. The van der Waals surface area contributed by atoms with Gasteiger partial charge >= 0.3 is 0 Å². The Bertz CT molecular complexity index is 419. The first kappa shape index (κ1) is 24.9. The molecule has 4 aliphatic rings.